The average Bonchev–Trinajstić information content (AvgIpc) is 2.60. The second-order valence-corrected chi connectivity index (χ2v) is 8.00. The molecule has 140 valence electrons. The number of hydrogen-bond acceptors (Lipinski definition) is 4. The van der Waals surface area contributed by atoms with Crippen LogP contribution in [0.25, 0.3) is 0 Å². The number of nitrogens with zero attached hydrogens (tertiary/aromatic N) is 1. The van der Waals surface area contributed by atoms with Gasteiger partial charge in [-0.2, -0.15) is 0 Å². The average molecular weight is 376 g/mol. The summed E-state index contributed by atoms with van der Waals surface area (Å²) < 4.78 is 30.7. The molecule has 0 heterocycles. The van der Waals surface area contributed by atoms with E-state index < -0.39 is 16.1 Å². The first kappa shape index (κ1) is 19.8. The maximum atomic E-state index is 12.5. The standard InChI is InChI=1S/C19H24N2O4S/c1-14-5-9-17(10-6-14)21(26(4,23)24)15(2)19(22)20-13-16-7-11-18(25-3)12-8-16/h5-12,15H,13H2,1-4H3,(H,20,22)/t15-/m0/s1. The van der Waals surface area contributed by atoms with Crippen LogP contribution in [0.1, 0.15) is 18.1 Å². The lowest BCUT2D eigenvalue weighted by molar-refractivity contribution is -0.122. The third kappa shape index (κ3) is 4.98. The molecule has 0 saturated heterocycles. The number of rotatable bonds is 7. The quantitative estimate of drug-likeness (QED) is 0.805. The molecule has 0 aromatic heterocycles. The van der Waals surface area contributed by atoms with E-state index in [0.717, 1.165) is 27.4 Å². The van der Waals surface area contributed by atoms with Crippen LogP contribution in [0.4, 0.5) is 5.69 Å². The normalized spacial score (nSPS) is 12.3. The molecule has 1 atom stereocenters. The van der Waals surface area contributed by atoms with Crippen LogP contribution >= 0.6 is 0 Å². The zero-order valence-corrected chi connectivity index (χ0v) is 16.2. The highest BCUT2D eigenvalue weighted by Gasteiger charge is 2.28. The molecule has 0 aliphatic rings. The summed E-state index contributed by atoms with van der Waals surface area (Å²) >= 11 is 0. The highest BCUT2D eigenvalue weighted by atomic mass is 32.2. The number of amides is 1. The van der Waals surface area contributed by atoms with Crippen LogP contribution in [0.3, 0.4) is 0 Å². The highest BCUT2D eigenvalue weighted by molar-refractivity contribution is 7.92. The predicted molar refractivity (Wildman–Crippen MR) is 103 cm³/mol. The molecule has 0 aliphatic carbocycles. The highest BCUT2D eigenvalue weighted by Crippen LogP contribution is 2.21. The van der Waals surface area contributed by atoms with Crippen molar-refractivity contribution in [2.45, 2.75) is 26.4 Å². The molecule has 0 spiro atoms. The number of methoxy groups -OCH3 is 1. The van der Waals surface area contributed by atoms with Crippen molar-refractivity contribution in [1.29, 1.82) is 0 Å². The van der Waals surface area contributed by atoms with Crippen LogP contribution in [0.2, 0.25) is 0 Å². The lowest BCUT2D eigenvalue weighted by Crippen LogP contribution is -2.47. The summed E-state index contributed by atoms with van der Waals surface area (Å²) in [6, 6.07) is 13.5. The van der Waals surface area contributed by atoms with E-state index in [2.05, 4.69) is 5.32 Å². The summed E-state index contributed by atoms with van der Waals surface area (Å²) in [5, 5.41) is 2.78. The fourth-order valence-electron chi connectivity index (χ4n) is 2.58. The molecule has 0 radical (unpaired) electrons. The topological polar surface area (TPSA) is 75.7 Å². The first-order chi connectivity index (χ1) is 12.2. The Balaban J connectivity index is 2.12. The number of sulfonamides is 1. The number of ether oxygens (including phenoxy) is 1. The predicted octanol–water partition coefficient (Wildman–Crippen LogP) is 2.47. The van der Waals surface area contributed by atoms with Gasteiger partial charge < -0.3 is 10.1 Å². The molecule has 6 nitrogen and oxygen atoms in total. The number of hydrogen-bond donors (Lipinski definition) is 1. The van der Waals surface area contributed by atoms with E-state index in [4.69, 9.17) is 4.74 Å². The van der Waals surface area contributed by atoms with Crippen LogP contribution in [-0.2, 0) is 21.4 Å². The van der Waals surface area contributed by atoms with Gasteiger partial charge in [-0.05, 0) is 43.7 Å². The first-order valence-corrected chi connectivity index (χ1v) is 10.0. The van der Waals surface area contributed by atoms with Gasteiger partial charge in [-0.15, -0.1) is 0 Å². The molecule has 0 bridgehead atoms. The summed E-state index contributed by atoms with van der Waals surface area (Å²) in [6.07, 6.45) is 1.10. The van der Waals surface area contributed by atoms with Crippen molar-refractivity contribution < 1.29 is 17.9 Å². The van der Waals surface area contributed by atoms with E-state index in [9.17, 15) is 13.2 Å². The molecule has 0 fully saturated rings. The summed E-state index contributed by atoms with van der Waals surface area (Å²) in [5.74, 6) is 0.364. The van der Waals surface area contributed by atoms with Crippen molar-refractivity contribution in [2.24, 2.45) is 0 Å². The minimum Gasteiger partial charge on any atom is -0.497 e. The third-order valence-corrected chi connectivity index (χ3v) is 5.24. The molecule has 2 aromatic rings. The smallest absolute Gasteiger partial charge is 0.243 e. The summed E-state index contributed by atoms with van der Waals surface area (Å²) in [5.41, 5.74) is 2.37. The second-order valence-electron chi connectivity index (χ2n) is 6.14. The van der Waals surface area contributed by atoms with Crippen LogP contribution in [0, 0.1) is 6.92 Å². The lowest BCUT2D eigenvalue weighted by Gasteiger charge is -2.28. The Kier molecular flexibility index (Phi) is 6.26. The molecule has 1 N–H and O–H groups in total. The number of carbonyl (C=O) groups is 1. The van der Waals surface area contributed by atoms with Gasteiger partial charge >= 0.3 is 0 Å². The summed E-state index contributed by atoms with van der Waals surface area (Å²) in [4.78, 5) is 12.5. The molecule has 26 heavy (non-hydrogen) atoms. The molecule has 2 aromatic carbocycles. The molecule has 0 saturated carbocycles. The first-order valence-electron chi connectivity index (χ1n) is 8.19. The molecular formula is C19H24N2O4S. The van der Waals surface area contributed by atoms with Gasteiger partial charge in [0.15, 0.2) is 0 Å². The largest absolute Gasteiger partial charge is 0.497 e. The monoisotopic (exact) mass is 376 g/mol. The Labute approximate surface area is 154 Å². The third-order valence-electron chi connectivity index (χ3n) is 4.00. The SMILES string of the molecule is COc1ccc(CNC(=O)[C@H](C)N(c2ccc(C)cc2)S(C)(=O)=O)cc1. The van der Waals surface area contributed by atoms with Crippen molar-refractivity contribution >= 4 is 21.6 Å². The van der Waals surface area contributed by atoms with Gasteiger partial charge in [0.1, 0.15) is 11.8 Å². The Morgan fingerprint density at radius 1 is 1.12 bits per heavy atom. The summed E-state index contributed by atoms with van der Waals surface area (Å²) in [6.45, 7) is 3.79. The van der Waals surface area contributed by atoms with Gasteiger partial charge in [-0.1, -0.05) is 29.8 Å². The Morgan fingerprint density at radius 3 is 2.19 bits per heavy atom. The zero-order valence-electron chi connectivity index (χ0n) is 15.4. The van der Waals surface area contributed by atoms with Crippen molar-refractivity contribution in [3.05, 3.63) is 59.7 Å². The van der Waals surface area contributed by atoms with Crippen LogP contribution < -0.4 is 14.4 Å². The van der Waals surface area contributed by atoms with Gasteiger partial charge in [0.25, 0.3) is 0 Å². The molecule has 1 amide bonds. The van der Waals surface area contributed by atoms with E-state index in [1.165, 1.54) is 0 Å². The van der Waals surface area contributed by atoms with Crippen molar-refractivity contribution in [2.75, 3.05) is 17.7 Å². The van der Waals surface area contributed by atoms with E-state index >= 15 is 0 Å². The van der Waals surface area contributed by atoms with E-state index in [0.29, 0.717) is 12.2 Å². The molecule has 7 heteroatoms. The van der Waals surface area contributed by atoms with Gasteiger partial charge in [0.05, 0.1) is 19.1 Å². The van der Waals surface area contributed by atoms with Crippen molar-refractivity contribution in [3.63, 3.8) is 0 Å². The maximum Gasteiger partial charge on any atom is 0.243 e. The van der Waals surface area contributed by atoms with E-state index in [-0.39, 0.29) is 5.91 Å². The van der Waals surface area contributed by atoms with Crippen LogP contribution in [0.5, 0.6) is 5.75 Å². The van der Waals surface area contributed by atoms with Crippen molar-refractivity contribution in [1.82, 2.24) is 5.32 Å². The van der Waals surface area contributed by atoms with Crippen LogP contribution in [0.15, 0.2) is 48.5 Å². The van der Waals surface area contributed by atoms with Crippen LogP contribution in [-0.4, -0.2) is 33.7 Å². The fraction of sp³-hybridized carbons (Fsp3) is 0.316. The second kappa shape index (κ2) is 8.23. The summed E-state index contributed by atoms with van der Waals surface area (Å²) in [7, 11) is -2.02. The van der Waals surface area contributed by atoms with E-state index in [1.54, 1.807) is 38.3 Å². The minimum atomic E-state index is -3.61. The molecule has 0 aliphatic heterocycles. The fourth-order valence-corrected chi connectivity index (χ4v) is 3.76. The molecule has 0 unspecified atom stereocenters. The number of carbonyl (C=O) groups excluding carboxylic acids is 1. The van der Waals surface area contributed by atoms with E-state index in [1.807, 2.05) is 31.2 Å². The Morgan fingerprint density at radius 2 is 1.69 bits per heavy atom. The lowest BCUT2D eigenvalue weighted by atomic mass is 10.2. The zero-order chi connectivity index (χ0) is 19.3. The number of benzene rings is 2. The number of aryl methyl sites for hydroxylation is 1. The minimum absolute atomic E-state index is 0.304. The maximum absolute atomic E-state index is 12.5. The van der Waals surface area contributed by atoms with Crippen molar-refractivity contribution in [3.8, 4) is 5.75 Å². The number of nitrogens with one attached hydrogen (secondary N) is 1. The van der Waals surface area contributed by atoms with Gasteiger partial charge in [-0.3, -0.25) is 9.10 Å². The Hall–Kier alpha value is -2.54. The molecule has 2 rings (SSSR count). The van der Waals surface area contributed by atoms with Gasteiger partial charge in [0, 0.05) is 6.54 Å². The van der Waals surface area contributed by atoms with Gasteiger partial charge in [0.2, 0.25) is 15.9 Å². The molecular weight excluding hydrogens is 352 g/mol. The number of anilines is 1. The van der Waals surface area contributed by atoms with Gasteiger partial charge in [-0.25, -0.2) is 8.42 Å². The Bertz CT molecular complexity index is 846.